The lowest BCUT2D eigenvalue weighted by molar-refractivity contribution is 0.0708. The van der Waals surface area contributed by atoms with Crippen LogP contribution in [0.2, 0.25) is 0 Å². The zero-order valence-corrected chi connectivity index (χ0v) is 8.12. The summed E-state index contributed by atoms with van der Waals surface area (Å²) in [5.74, 6) is 0. The molecular weight excluding hydrogens is 152 g/mol. The molecule has 0 bridgehead atoms. The smallest absolute Gasteiger partial charge is 0.0852 e. The molecule has 0 spiro atoms. The molecule has 0 aliphatic carbocycles. The Hall–Kier alpha value is -0.120. The van der Waals surface area contributed by atoms with E-state index in [1.165, 1.54) is 0 Å². The Balaban J connectivity index is 2.47. The van der Waals surface area contributed by atoms with Crippen molar-refractivity contribution in [3.05, 3.63) is 0 Å². The Labute approximate surface area is 74.9 Å². The third-order valence-electron chi connectivity index (χ3n) is 2.69. The van der Waals surface area contributed by atoms with Crippen molar-refractivity contribution >= 4 is 0 Å². The molecule has 1 rings (SSSR count). The lowest BCUT2D eigenvalue weighted by Crippen LogP contribution is -2.43. The first-order chi connectivity index (χ1) is 5.83. The molecule has 72 valence electrons. The Morgan fingerprint density at radius 1 is 1.42 bits per heavy atom. The number of hydrogen-bond donors (Lipinski definition) is 1. The van der Waals surface area contributed by atoms with Gasteiger partial charge in [-0.1, -0.05) is 13.8 Å². The average Bonchev–Trinajstić information content (AvgIpc) is 2.55. The molecule has 0 aromatic rings. The lowest BCUT2D eigenvalue weighted by atomic mass is 10.1. The van der Waals surface area contributed by atoms with Gasteiger partial charge in [0, 0.05) is 19.2 Å². The normalized spacial score (nSPS) is 30.0. The van der Waals surface area contributed by atoms with Crippen LogP contribution < -0.4 is 5.73 Å². The van der Waals surface area contributed by atoms with Gasteiger partial charge in [0.1, 0.15) is 0 Å². The van der Waals surface area contributed by atoms with Crippen LogP contribution in [0.25, 0.3) is 0 Å². The second-order valence-electron chi connectivity index (χ2n) is 3.22. The van der Waals surface area contributed by atoms with Gasteiger partial charge in [-0.05, 0) is 19.5 Å². The van der Waals surface area contributed by atoms with E-state index in [9.17, 15) is 0 Å². The zero-order valence-electron chi connectivity index (χ0n) is 8.12. The third-order valence-corrected chi connectivity index (χ3v) is 2.69. The predicted octanol–water partition coefficient (Wildman–Crippen LogP) is 0.444. The molecule has 0 aromatic heterocycles. The molecule has 1 fully saturated rings. The van der Waals surface area contributed by atoms with Crippen LogP contribution in [0.15, 0.2) is 0 Å². The summed E-state index contributed by atoms with van der Waals surface area (Å²) in [4.78, 5) is 2.44. The van der Waals surface area contributed by atoms with Crippen LogP contribution >= 0.6 is 0 Å². The molecule has 1 saturated heterocycles. The number of nitrogens with zero attached hydrogens (tertiary/aromatic N) is 1. The Morgan fingerprint density at radius 3 is 2.58 bits per heavy atom. The highest BCUT2D eigenvalue weighted by Gasteiger charge is 2.30. The molecule has 0 radical (unpaired) electrons. The summed E-state index contributed by atoms with van der Waals surface area (Å²) >= 11 is 0. The quantitative estimate of drug-likeness (QED) is 0.669. The van der Waals surface area contributed by atoms with Gasteiger partial charge < -0.3 is 10.5 Å². The summed E-state index contributed by atoms with van der Waals surface area (Å²) < 4.78 is 5.53. The van der Waals surface area contributed by atoms with Gasteiger partial charge >= 0.3 is 0 Å². The van der Waals surface area contributed by atoms with Gasteiger partial charge in [0.25, 0.3) is 0 Å². The first-order valence-corrected chi connectivity index (χ1v) is 4.89. The van der Waals surface area contributed by atoms with Crippen LogP contribution in [-0.2, 0) is 4.74 Å². The van der Waals surface area contributed by atoms with Crippen molar-refractivity contribution in [1.29, 1.82) is 0 Å². The summed E-state index contributed by atoms with van der Waals surface area (Å²) in [5, 5.41) is 0. The number of rotatable bonds is 4. The van der Waals surface area contributed by atoms with Gasteiger partial charge in [-0.2, -0.15) is 0 Å². The fraction of sp³-hybridized carbons (Fsp3) is 1.00. The Kier molecular flexibility index (Phi) is 3.98. The fourth-order valence-corrected chi connectivity index (χ4v) is 1.97. The van der Waals surface area contributed by atoms with Gasteiger partial charge in [-0.15, -0.1) is 0 Å². The van der Waals surface area contributed by atoms with Crippen LogP contribution in [-0.4, -0.2) is 43.3 Å². The molecule has 3 nitrogen and oxygen atoms in total. The maximum atomic E-state index is 5.62. The van der Waals surface area contributed by atoms with Crippen molar-refractivity contribution in [2.24, 2.45) is 5.73 Å². The SMILES string of the molecule is CCN(CC)[C@H]1CCO[C@H]1CN. The largest absolute Gasteiger partial charge is 0.375 e. The molecule has 2 N–H and O–H groups in total. The topological polar surface area (TPSA) is 38.5 Å². The lowest BCUT2D eigenvalue weighted by Gasteiger charge is -2.29. The van der Waals surface area contributed by atoms with E-state index in [4.69, 9.17) is 10.5 Å². The highest BCUT2D eigenvalue weighted by Crippen LogP contribution is 2.18. The van der Waals surface area contributed by atoms with E-state index >= 15 is 0 Å². The summed E-state index contributed by atoms with van der Waals surface area (Å²) in [6.07, 6.45) is 1.41. The fourth-order valence-electron chi connectivity index (χ4n) is 1.97. The molecule has 1 aliphatic heterocycles. The molecule has 3 heteroatoms. The van der Waals surface area contributed by atoms with Crippen molar-refractivity contribution in [3.8, 4) is 0 Å². The van der Waals surface area contributed by atoms with Gasteiger partial charge in [-0.25, -0.2) is 0 Å². The monoisotopic (exact) mass is 172 g/mol. The van der Waals surface area contributed by atoms with Crippen molar-refractivity contribution in [2.45, 2.75) is 32.4 Å². The minimum absolute atomic E-state index is 0.268. The number of likely N-dealkylation sites (N-methyl/N-ethyl adjacent to an activating group) is 1. The number of ether oxygens (including phenoxy) is 1. The van der Waals surface area contributed by atoms with Crippen LogP contribution in [0.4, 0.5) is 0 Å². The number of hydrogen-bond acceptors (Lipinski definition) is 3. The molecule has 0 amide bonds. The molecule has 12 heavy (non-hydrogen) atoms. The van der Waals surface area contributed by atoms with Crippen molar-refractivity contribution in [3.63, 3.8) is 0 Å². The van der Waals surface area contributed by atoms with Crippen LogP contribution in [0, 0.1) is 0 Å². The van der Waals surface area contributed by atoms with Crippen molar-refractivity contribution < 1.29 is 4.74 Å². The minimum atomic E-state index is 0.268. The van der Waals surface area contributed by atoms with E-state index in [1.807, 2.05) is 0 Å². The van der Waals surface area contributed by atoms with Crippen LogP contribution in [0.3, 0.4) is 0 Å². The molecular formula is C9H20N2O. The third kappa shape index (κ3) is 1.97. The second-order valence-corrected chi connectivity index (χ2v) is 3.22. The summed E-state index contributed by atoms with van der Waals surface area (Å²) in [7, 11) is 0. The van der Waals surface area contributed by atoms with Crippen LogP contribution in [0.1, 0.15) is 20.3 Å². The molecule has 1 aliphatic rings. The summed E-state index contributed by atoms with van der Waals surface area (Å²) in [5.41, 5.74) is 5.62. The average molecular weight is 172 g/mol. The minimum Gasteiger partial charge on any atom is -0.375 e. The highest BCUT2D eigenvalue weighted by molar-refractivity contribution is 4.84. The molecule has 2 atom stereocenters. The van der Waals surface area contributed by atoms with Gasteiger partial charge in [0.05, 0.1) is 6.10 Å². The van der Waals surface area contributed by atoms with E-state index in [-0.39, 0.29) is 6.10 Å². The van der Waals surface area contributed by atoms with Crippen molar-refractivity contribution in [2.75, 3.05) is 26.2 Å². The maximum absolute atomic E-state index is 5.62. The Morgan fingerprint density at radius 2 is 2.08 bits per heavy atom. The van der Waals surface area contributed by atoms with Crippen LogP contribution in [0.5, 0.6) is 0 Å². The van der Waals surface area contributed by atoms with E-state index in [0.29, 0.717) is 12.6 Å². The summed E-state index contributed by atoms with van der Waals surface area (Å²) in [6, 6.07) is 0.560. The van der Waals surface area contributed by atoms with Crippen molar-refractivity contribution in [1.82, 2.24) is 4.90 Å². The van der Waals surface area contributed by atoms with E-state index < -0.39 is 0 Å². The first kappa shape index (κ1) is 9.96. The number of nitrogens with two attached hydrogens (primary N) is 1. The predicted molar refractivity (Wildman–Crippen MR) is 50.1 cm³/mol. The standard InChI is InChI=1S/C9H20N2O/c1-3-11(4-2)8-5-6-12-9(8)7-10/h8-9H,3-7,10H2,1-2H3/t8-,9-/m0/s1. The maximum Gasteiger partial charge on any atom is 0.0852 e. The van der Waals surface area contributed by atoms with E-state index in [2.05, 4.69) is 18.7 Å². The zero-order chi connectivity index (χ0) is 8.97. The van der Waals surface area contributed by atoms with E-state index in [0.717, 1.165) is 26.1 Å². The Bertz CT molecular complexity index is 126. The van der Waals surface area contributed by atoms with Gasteiger partial charge in [-0.3, -0.25) is 4.90 Å². The molecule has 0 aromatic carbocycles. The molecule has 1 heterocycles. The molecule has 0 saturated carbocycles. The second kappa shape index (κ2) is 4.80. The first-order valence-electron chi connectivity index (χ1n) is 4.89. The highest BCUT2D eigenvalue weighted by atomic mass is 16.5. The summed E-state index contributed by atoms with van der Waals surface area (Å²) in [6.45, 7) is 8.11. The van der Waals surface area contributed by atoms with Gasteiger partial charge in [0.15, 0.2) is 0 Å². The van der Waals surface area contributed by atoms with Gasteiger partial charge in [0.2, 0.25) is 0 Å². The molecule has 0 unspecified atom stereocenters. The van der Waals surface area contributed by atoms with E-state index in [1.54, 1.807) is 0 Å².